The first-order chi connectivity index (χ1) is 10.5. The number of hydrogen-bond acceptors (Lipinski definition) is 3. The van der Waals surface area contributed by atoms with Crippen LogP contribution in [0.5, 0.6) is 0 Å². The molecule has 2 rings (SSSR count). The van der Waals surface area contributed by atoms with Gasteiger partial charge in [0.15, 0.2) is 0 Å². The summed E-state index contributed by atoms with van der Waals surface area (Å²) in [5.41, 5.74) is 1.26. The fourth-order valence-electron chi connectivity index (χ4n) is 2.04. The maximum atomic E-state index is 12.8. The maximum Gasteiger partial charge on any atom is 0.215 e. The van der Waals surface area contributed by atoms with Gasteiger partial charge in [0.2, 0.25) is 10.0 Å². The van der Waals surface area contributed by atoms with Crippen molar-refractivity contribution >= 4 is 10.0 Å². The standard InChI is InChI=1S/C16H18FNO3S/c17-15-8-6-13(7-9-15)12-22(20,21)18-11-10-16(19)14-4-2-1-3-5-14/h1-9,16,18-19H,10-12H2/t16-/m0/s1. The van der Waals surface area contributed by atoms with Crippen LogP contribution >= 0.6 is 0 Å². The monoisotopic (exact) mass is 323 g/mol. The molecular weight excluding hydrogens is 305 g/mol. The third-order valence-electron chi connectivity index (χ3n) is 3.19. The van der Waals surface area contributed by atoms with E-state index in [0.29, 0.717) is 5.56 Å². The van der Waals surface area contributed by atoms with Crippen molar-refractivity contribution in [2.24, 2.45) is 0 Å². The van der Waals surface area contributed by atoms with Crippen LogP contribution in [0.1, 0.15) is 23.7 Å². The van der Waals surface area contributed by atoms with E-state index in [1.165, 1.54) is 24.3 Å². The van der Waals surface area contributed by atoms with E-state index >= 15 is 0 Å². The molecule has 0 saturated heterocycles. The van der Waals surface area contributed by atoms with Crippen LogP contribution in [0.3, 0.4) is 0 Å². The zero-order chi connectivity index (χ0) is 16.0. The molecule has 0 saturated carbocycles. The molecule has 6 heteroatoms. The van der Waals surface area contributed by atoms with E-state index in [-0.39, 0.29) is 18.7 Å². The molecule has 0 aliphatic carbocycles. The van der Waals surface area contributed by atoms with Crippen molar-refractivity contribution in [1.82, 2.24) is 4.72 Å². The minimum Gasteiger partial charge on any atom is -0.388 e. The second-order valence-electron chi connectivity index (χ2n) is 5.00. The van der Waals surface area contributed by atoms with Gasteiger partial charge in [-0.05, 0) is 29.7 Å². The number of nitrogens with one attached hydrogen (secondary N) is 1. The summed E-state index contributed by atoms with van der Waals surface area (Å²) in [6, 6.07) is 14.4. The number of aliphatic hydroxyl groups excluding tert-OH is 1. The van der Waals surface area contributed by atoms with Crippen LogP contribution in [-0.4, -0.2) is 20.1 Å². The first kappa shape index (κ1) is 16.6. The lowest BCUT2D eigenvalue weighted by Gasteiger charge is -2.12. The molecule has 118 valence electrons. The number of hydrogen-bond donors (Lipinski definition) is 2. The SMILES string of the molecule is O=S(=O)(Cc1ccc(F)cc1)NCC[C@H](O)c1ccccc1. The molecule has 22 heavy (non-hydrogen) atoms. The van der Waals surface area contributed by atoms with Crippen LogP contribution in [0.25, 0.3) is 0 Å². The minimum atomic E-state index is -3.51. The van der Waals surface area contributed by atoms with E-state index in [9.17, 15) is 17.9 Å². The van der Waals surface area contributed by atoms with Crippen molar-refractivity contribution < 1.29 is 17.9 Å². The highest BCUT2D eigenvalue weighted by molar-refractivity contribution is 7.88. The van der Waals surface area contributed by atoms with E-state index in [1.54, 1.807) is 12.1 Å². The Morgan fingerprint density at radius 3 is 2.32 bits per heavy atom. The zero-order valence-corrected chi connectivity index (χ0v) is 12.8. The highest BCUT2D eigenvalue weighted by Gasteiger charge is 2.13. The third kappa shape index (κ3) is 5.22. The van der Waals surface area contributed by atoms with Gasteiger partial charge in [-0.1, -0.05) is 42.5 Å². The number of rotatable bonds is 7. The predicted molar refractivity (Wildman–Crippen MR) is 83.0 cm³/mol. The molecule has 0 spiro atoms. The van der Waals surface area contributed by atoms with E-state index in [0.717, 1.165) is 5.56 Å². The molecule has 1 atom stereocenters. The third-order valence-corrected chi connectivity index (χ3v) is 4.55. The van der Waals surface area contributed by atoms with Gasteiger partial charge in [-0.2, -0.15) is 0 Å². The first-order valence-electron chi connectivity index (χ1n) is 6.91. The fourth-order valence-corrected chi connectivity index (χ4v) is 3.21. The van der Waals surface area contributed by atoms with Gasteiger partial charge in [0.1, 0.15) is 5.82 Å². The number of benzene rings is 2. The van der Waals surface area contributed by atoms with E-state index in [1.807, 2.05) is 18.2 Å². The summed E-state index contributed by atoms with van der Waals surface area (Å²) >= 11 is 0. The average Bonchev–Trinajstić information content (AvgIpc) is 2.50. The molecule has 0 bridgehead atoms. The molecule has 0 heterocycles. The quantitative estimate of drug-likeness (QED) is 0.822. The van der Waals surface area contributed by atoms with Gasteiger partial charge in [0.05, 0.1) is 11.9 Å². The molecule has 0 unspecified atom stereocenters. The Hall–Kier alpha value is -1.76. The summed E-state index contributed by atoms with van der Waals surface area (Å²) in [4.78, 5) is 0. The molecule has 2 N–H and O–H groups in total. The van der Waals surface area contributed by atoms with Crippen LogP contribution in [0.2, 0.25) is 0 Å². The van der Waals surface area contributed by atoms with Gasteiger partial charge in [0, 0.05) is 6.54 Å². The van der Waals surface area contributed by atoms with Crippen molar-refractivity contribution in [2.75, 3.05) is 6.54 Å². The van der Waals surface area contributed by atoms with Gasteiger partial charge >= 0.3 is 0 Å². The normalized spacial score (nSPS) is 13.0. The van der Waals surface area contributed by atoms with E-state index in [2.05, 4.69) is 4.72 Å². The molecule has 0 aromatic heterocycles. The lowest BCUT2D eigenvalue weighted by Crippen LogP contribution is -2.27. The Balaban J connectivity index is 1.84. The molecule has 0 radical (unpaired) electrons. The second kappa shape index (κ2) is 7.49. The summed E-state index contributed by atoms with van der Waals surface area (Å²) < 4.78 is 39.1. The molecule has 4 nitrogen and oxygen atoms in total. The van der Waals surface area contributed by atoms with Crippen LogP contribution in [0.4, 0.5) is 4.39 Å². The predicted octanol–water partition coefficient (Wildman–Crippen LogP) is 2.37. The first-order valence-corrected chi connectivity index (χ1v) is 8.56. The van der Waals surface area contributed by atoms with Crippen LogP contribution < -0.4 is 4.72 Å². The van der Waals surface area contributed by atoms with E-state index < -0.39 is 21.9 Å². The Labute approximate surface area is 129 Å². The summed E-state index contributed by atoms with van der Waals surface area (Å²) in [5.74, 6) is -0.616. The molecule has 2 aromatic rings. The van der Waals surface area contributed by atoms with Gasteiger partial charge in [0.25, 0.3) is 0 Å². The average molecular weight is 323 g/mol. The van der Waals surface area contributed by atoms with Crippen molar-refractivity contribution in [3.05, 3.63) is 71.5 Å². The summed E-state index contributed by atoms with van der Waals surface area (Å²) in [6.07, 6.45) is -0.429. The van der Waals surface area contributed by atoms with Gasteiger partial charge in [-0.25, -0.2) is 17.5 Å². The number of halogens is 1. The van der Waals surface area contributed by atoms with Gasteiger partial charge < -0.3 is 5.11 Å². The highest BCUT2D eigenvalue weighted by atomic mass is 32.2. The van der Waals surface area contributed by atoms with Crippen molar-refractivity contribution in [1.29, 1.82) is 0 Å². The van der Waals surface area contributed by atoms with Crippen LogP contribution in [0.15, 0.2) is 54.6 Å². The molecule has 2 aromatic carbocycles. The molecular formula is C16H18FNO3S. The Morgan fingerprint density at radius 1 is 1.05 bits per heavy atom. The molecule has 0 fully saturated rings. The van der Waals surface area contributed by atoms with Crippen molar-refractivity contribution in [3.63, 3.8) is 0 Å². The summed E-state index contributed by atoms with van der Waals surface area (Å²) in [5, 5.41) is 9.96. The van der Waals surface area contributed by atoms with Crippen molar-refractivity contribution in [3.8, 4) is 0 Å². The summed E-state index contributed by atoms with van der Waals surface area (Å²) in [6.45, 7) is 0.138. The van der Waals surface area contributed by atoms with Crippen LogP contribution in [-0.2, 0) is 15.8 Å². The number of aliphatic hydroxyl groups is 1. The van der Waals surface area contributed by atoms with E-state index in [4.69, 9.17) is 0 Å². The maximum absolute atomic E-state index is 12.8. The highest BCUT2D eigenvalue weighted by Crippen LogP contribution is 2.15. The Bertz CT molecular complexity index is 687. The van der Waals surface area contributed by atoms with Crippen molar-refractivity contribution in [2.45, 2.75) is 18.3 Å². The topological polar surface area (TPSA) is 66.4 Å². The van der Waals surface area contributed by atoms with Crippen LogP contribution in [0, 0.1) is 5.82 Å². The lowest BCUT2D eigenvalue weighted by molar-refractivity contribution is 0.169. The lowest BCUT2D eigenvalue weighted by atomic mass is 10.1. The molecule has 0 aliphatic rings. The zero-order valence-electron chi connectivity index (χ0n) is 11.9. The van der Waals surface area contributed by atoms with Gasteiger partial charge in [-0.3, -0.25) is 0 Å². The Morgan fingerprint density at radius 2 is 1.68 bits per heavy atom. The molecule has 0 aliphatic heterocycles. The fraction of sp³-hybridized carbons (Fsp3) is 0.250. The summed E-state index contributed by atoms with van der Waals surface area (Å²) in [7, 11) is -3.51. The van der Waals surface area contributed by atoms with Gasteiger partial charge in [-0.15, -0.1) is 0 Å². The second-order valence-corrected chi connectivity index (χ2v) is 6.80. The smallest absolute Gasteiger partial charge is 0.215 e. The molecule has 0 amide bonds. The Kier molecular flexibility index (Phi) is 5.65. The minimum absolute atomic E-state index is 0.138. The number of sulfonamides is 1. The largest absolute Gasteiger partial charge is 0.388 e.